The van der Waals surface area contributed by atoms with Gasteiger partial charge in [-0.1, -0.05) is 0 Å². The summed E-state index contributed by atoms with van der Waals surface area (Å²) in [6, 6.07) is 0. The van der Waals surface area contributed by atoms with Gasteiger partial charge in [-0.25, -0.2) is 13.1 Å². The van der Waals surface area contributed by atoms with Crippen LogP contribution in [-0.4, -0.2) is 49.1 Å². The molecule has 18 heavy (non-hydrogen) atoms. The second-order valence-electron chi connectivity index (χ2n) is 3.88. The molecule has 1 aromatic heterocycles. The number of aromatic nitrogens is 2. The summed E-state index contributed by atoms with van der Waals surface area (Å²) in [6.07, 6.45) is 1.01. The van der Waals surface area contributed by atoms with E-state index in [1.54, 1.807) is 11.9 Å². The molecule has 0 saturated heterocycles. The van der Waals surface area contributed by atoms with E-state index < -0.39 is 22.4 Å². The van der Waals surface area contributed by atoms with Gasteiger partial charge in [0, 0.05) is 19.8 Å². The Kier molecular flexibility index (Phi) is 3.85. The maximum Gasteiger partial charge on any atom is 0.325 e. The van der Waals surface area contributed by atoms with Gasteiger partial charge in [0.15, 0.2) is 20.6 Å². The zero-order chi connectivity index (χ0) is 14.1. The van der Waals surface area contributed by atoms with E-state index in [9.17, 15) is 13.2 Å². The van der Waals surface area contributed by atoms with E-state index in [0.717, 1.165) is 10.9 Å². The molecule has 0 saturated carbocycles. The Morgan fingerprint density at radius 1 is 1.56 bits per heavy atom. The normalized spacial score (nSPS) is 11.5. The molecule has 0 fully saturated rings. The van der Waals surface area contributed by atoms with E-state index in [4.69, 9.17) is 10.8 Å². The Balaban J connectivity index is 3.46. The summed E-state index contributed by atoms with van der Waals surface area (Å²) >= 11 is 0. The van der Waals surface area contributed by atoms with Crippen LogP contribution < -0.4 is 10.6 Å². The molecule has 0 aliphatic heterocycles. The molecular formula is C9H16N4O4S. The van der Waals surface area contributed by atoms with Crippen molar-refractivity contribution in [3.05, 3.63) is 0 Å². The molecule has 0 spiro atoms. The number of sulfone groups is 1. The van der Waals surface area contributed by atoms with Crippen LogP contribution in [0.15, 0.2) is 4.90 Å². The Labute approximate surface area is 105 Å². The maximum absolute atomic E-state index is 11.7. The number of aliphatic carboxylic acids is 1. The van der Waals surface area contributed by atoms with Crippen LogP contribution in [0, 0.1) is 0 Å². The molecule has 9 heteroatoms. The smallest absolute Gasteiger partial charge is 0.325 e. The van der Waals surface area contributed by atoms with Crippen LogP contribution in [0.2, 0.25) is 0 Å². The summed E-state index contributed by atoms with van der Waals surface area (Å²) in [5, 5.41) is 12.7. The molecular weight excluding hydrogens is 260 g/mol. The summed E-state index contributed by atoms with van der Waals surface area (Å²) in [4.78, 5) is 12.1. The summed E-state index contributed by atoms with van der Waals surface area (Å²) < 4.78 is 24.3. The summed E-state index contributed by atoms with van der Waals surface area (Å²) in [6.45, 7) is 1.86. The van der Waals surface area contributed by atoms with Crippen LogP contribution in [0.1, 0.15) is 6.92 Å². The van der Waals surface area contributed by atoms with Crippen molar-refractivity contribution in [3.8, 4) is 0 Å². The third kappa shape index (κ3) is 2.73. The average Bonchev–Trinajstić information content (AvgIpc) is 2.53. The Hall–Kier alpha value is -1.77. The van der Waals surface area contributed by atoms with Crippen molar-refractivity contribution < 1.29 is 18.3 Å². The second kappa shape index (κ2) is 4.84. The van der Waals surface area contributed by atoms with E-state index >= 15 is 0 Å². The molecule has 0 bridgehead atoms. The molecule has 0 aliphatic carbocycles. The van der Waals surface area contributed by atoms with Crippen LogP contribution in [-0.2, 0) is 21.2 Å². The van der Waals surface area contributed by atoms with Crippen molar-refractivity contribution in [2.45, 2.75) is 18.4 Å². The number of nitrogen functional groups attached to an aromatic ring is 1. The number of hydrogen-bond acceptors (Lipinski definition) is 6. The third-order valence-corrected chi connectivity index (χ3v) is 3.55. The zero-order valence-electron chi connectivity index (χ0n) is 10.4. The Bertz CT molecular complexity index is 563. The van der Waals surface area contributed by atoms with Crippen molar-refractivity contribution in [3.63, 3.8) is 0 Å². The number of nitrogens with two attached hydrogens (primary N) is 1. The fourth-order valence-electron chi connectivity index (χ4n) is 1.45. The minimum absolute atomic E-state index is 0.131. The van der Waals surface area contributed by atoms with Gasteiger partial charge in [0.2, 0.25) is 0 Å². The summed E-state index contributed by atoms with van der Waals surface area (Å²) in [5.74, 6) is -1.14. The van der Waals surface area contributed by atoms with Gasteiger partial charge in [-0.2, -0.15) is 5.10 Å². The van der Waals surface area contributed by atoms with Gasteiger partial charge in [0.25, 0.3) is 0 Å². The number of carboxylic acid groups (broad SMARTS) is 1. The third-order valence-electron chi connectivity index (χ3n) is 2.42. The summed E-state index contributed by atoms with van der Waals surface area (Å²) in [7, 11) is -1.92. The number of nitrogens with zero attached hydrogens (tertiary/aromatic N) is 3. The number of carboxylic acids is 1. The number of anilines is 2. The van der Waals surface area contributed by atoms with Gasteiger partial charge >= 0.3 is 5.97 Å². The molecule has 0 unspecified atom stereocenters. The lowest BCUT2D eigenvalue weighted by Gasteiger charge is -2.14. The number of rotatable bonds is 5. The van der Waals surface area contributed by atoms with E-state index in [-0.39, 0.29) is 16.5 Å². The molecule has 102 valence electrons. The average molecular weight is 276 g/mol. The number of carbonyl (C=O) groups is 1. The van der Waals surface area contributed by atoms with Crippen molar-refractivity contribution >= 4 is 27.4 Å². The van der Waals surface area contributed by atoms with Crippen molar-refractivity contribution in [1.29, 1.82) is 0 Å². The molecule has 0 amide bonds. The lowest BCUT2D eigenvalue weighted by molar-refractivity contribution is -0.137. The molecule has 0 radical (unpaired) electrons. The van der Waals surface area contributed by atoms with Crippen LogP contribution in [0.3, 0.4) is 0 Å². The quantitative estimate of drug-likeness (QED) is 0.737. The highest BCUT2D eigenvalue weighted by Gasteiger charge is 2.26. The topological polar surface area (TPSA) is 119 Å². The van der Waals surface area contributed by atoms with Gasteiger partial charge < -0.3 is 15.7 Å². The first kappa shape index (κ1) is 14.3. The van der Waals surface area contributed by atoms with Crippen molar-refractivity contribution in [1.82, 2.24) is 9.78 Å². The second-order valence-corrected chi connectivity index (χ2v) is 5.83. The monoisotopic (exact) mass is 276 g/mol. The lowest BCUT2D eigenvalue weighted by atomic mass is 10.5. The van der Waals surface area contributed by atoms with E-state index in [1.807, 2.05) is 6.92 Å². The summed E-state index contributed by atoms with van der Waals surface area (Å²) in [5.41, 5.74) is 5.66. The number of hydrogen-bond donors (Lipinski definition) is 2. The van der Waals surface area contributed by atoms with Gasteiger partial charge in [0.05, 0.1) is 0 Å². The SMILES string of the molecule is CCN(C)c1nn(CC(=O)O)c(N)c1S(C)(=O)=O. The van der Waals surface area contributed by atoms with E-state index in [0.29, 0.717) is 6.54 Å². The highest BCUT2D eigenvalue weighted by Crippen LogP contribution is 2.29. The first-order valence-electron chi connectivity index (χ1n) is 5.17. The zero-order valence-corrected chi connectivity index (χ0v) is 11.2. The van der Waals surface area contributed by atoms with Crippen molar-refractivity contribution in [2.75, 3.05) is 30.5 Å². The Morgan fingerprint density at radius 3 is 2.50 bits per heavy atom. The van der Waals surface area contributed by atoms with Crippen LogP contribution in [0.25, 0.3) is 0 Å². The predicted molar refractivity (Wildman–Crippen MR) is 66.3 cm³/mol. The van der Waals surface area contributed by atoms with E-state index in [2.05, 4.69) is 5.10 Å². The first-order valence-corrected chi connectivity index (χ1v) is 7.06. The molecule has 1 heterocycles. The van der Waals surface area contributed by atoms with Gasteiger partial charge in [0.1, 0.15) is 12.4 Å². The van der Waals surface area contributed by atoms with Crippen LogP contribution >= 0.6 is 0 Å². The first-order chi connectivity index (χ1) is 8.18. The van der Waals surface area contributed by atoms with Crippen LogP contribution in [0.5, 0.6) is 0 Å². The minimum Gasteiger partial charge on any atom is -0.480 e. The van der Waals surface area contributed by atoms with Gasteiger partial charge in [-0.15, -0.1) is 0 Å². The lowest BCUT2D eigenvalue weighted by Crippen LogP contribution is -2.19. The van der Waals surface area contributed by atoms with Crippen LogP contribution in [0.4, 0.5) is 11.6 Å². The maximum atomic E-state index is 11.7. The fourth-order valence-corrected chi connectivity index (χ4v) is 2.46. The molecule has 0 atom stereocenters. The molecule has 1 rings (SSSR count). The van der Waals surface area contributed by atoms with Gasteiger partial charge in [-0.3, -0.25) is 4.79 Å². The largest absolute Gasteiger partial charge is 0.480 e. The van der Waals surface area contributed by atoms with Gasteiger partial charge in [-0.05, 0) is 6.92 Å². The molecule has 3 N–H and O–H groups in total. The molecule has 1 aromatic rings. The molecule has 0 aromatic carbocycles. The standard InChI is InChI=1S/C9H16N4O4S/c1-4-12(2)9-7(18(3,16)17)8(10)13(11-9)5-6(14)15/h4-5,10H2,1-3H3,(H,14,15). The van der Waals surface area contributed by atoms with E-state index in [1.165, 1.54) is 0 Å². The Morgan fingerprint density at radius 2 is 2.11 bits per heavy atom. The predicted octanol–water partition coefficient (Wildman–Crippen LogP) is -0.590. The fraction of sp³-hybridized carbons (Fsp3) is 0.556. The molecule has 0 aliphatic rings. The van der Waals surface area contributed by atoms with Crippen molar-refractivity contribution in [2.24, 2.45) is 0 Å². The highest BCUT2D eigenvalue weighted by molar-refractivity contribution is 7.91. The minimum atomic E-state index is -3.58. The molecule has 8 nitrogen and oxygen atoms in total. The highest BCUT2D eigenvalue weighted by atomic mass is 32.2.